The molecule has 0 bridgehead atoms. The zero-order valence-corrected chi connectivity index (χ0v) is 9.36. The molecule has 0 radical (unpaired) electrons. The topological polar surface area (TPSA) is 85.2 Å². The van der Waals surface area contributed by atoms with Gasteiger partial charge >= 0.3 is 0 Å². The summed E-state index contributed by atoms with van der Waals surface area (Å²) in [7, 11) is 0. The molecule has 0 fully saturated rings. The lowest BCUT2D eigenvalue weighted by atomic mass is 10.2. The Morgan fingerprint density at radius 1 is 1.53 bits per heavy atom. The van der Waals surface area contributed by atoms with Crippen LogP contribution in [-0.4, -0.2) is 21.9 Å². The van der Waals surface area contributed by atoms with E-state index in [4.69, 9.17) is 27.0 Å². The zero-order valence-electron chi connectivity index (χ0n) is 8.60. The van der Waals surface area contributed by atoms with Crippen molar-refractivity contribution in [2.24, 2.45) is 5.73 Å². The molecule has 0 spiro atoms. The highest BCUT2D eigenvalue weighted by Gasteiger charge is 2.16. The molecule has 1 heterocycles. The summed E-state index contributed by atoms with van der Waals surface area (Å²) in [5, 5.41) is 12.7. The van der Waals surface area contributed by atoms with Crippen LogP contribution >= 0.6 is 11.6 Å². The first-order valence-corrected chi connectivity index (χ1v) is 5.15. The number of aromatic nitrogens is 2. The fourth-order valence-electron chi connectivity index (χ4n) is 1.24. The molecule has 2 rings (SSSR count). The Labute approximate surface area is 101 Å². The summed E-state index contributed by atoms with van der Waals surface area (Å²) in [6.07, 6.45) is 0. The minimum absolute atomic E-state index is 0.0999. The Balaban J connectivity index is 2.37. The Hall–Kier alpha value is -1.50. The molecule has 3 N–H and O–H groups in total. The first-order chi connectivity index (χ1) is 8.11. The number of halogens is 2. The van der Waals surface area contributed by atoms with Crippen LogP contribution in [0.5, 0.6) is 0 Å². The van der Waals surface area contributed by atoms with Gasteiger partial charge in [0.1, 0.15) is 11.9 Å². The van der Waals surface area contributed by atoms with Crippen LogP contribution in [0.25, 0.3) is 11.4 Å². The zero-order chi connectivity index (χ0) is 12.4. The van der Waals surface area contributed by atoms with Crippen molar-refractivity contribution in [3.05, 3.63) is 34.9 Å². The molecule has 0 amide bonds. The highest BCUT2D eigenvalue weighted by molar-refractivity contribution is 6.33. The van der Waals surface area contributed by atoms with E-state index < -0.39 is 11.9 Å². The van der Waals surface area contributed by atoms with E-state index in [-0.39, 0.29) is 23.3 Å². The lowest BCUT2D eigenvalue weighted by Crippen LogP contribution is -2.14. The molecular weight excluding hydrogens is 249 g/mol. The van der Waals surface area contributed by atoms with Crippen LogP contribution in [0.1, 0.15) is 11.9 Å². The van der Waals surface area contributed by atoms with Gasteiger partial charge in [-0.25, -0.2) is 4.39 Å². The van der Waals surface area contributed by atoms with Crippen LogP contribution in [0.4, 0.5) is 4.39 Å². The van der Waals surface area contributed by atoms with Crippen molar-refractivity contribution in [3.8, 4) is 11.4 Å². The normalized spacial score (nSPS) is 12.7. The van der Waals surface area contributed by atoms with E-state index in [0.717, 1.165) is 6.07 Å². The first-order valence-electron chi connectivity index (χ1n) is 4.77. The molecule has 17 heavy (non-hydrogen) atoms. The molecule has 0 aliphatic rings. The van der Waals surface area contributed by atoms with Gasteiger partial charge < -0.3 is 15.4 Å². The van der Waals surface area contributed by atoms with Crippen molar-refractivity contribution in [2.75, 3.05) is 6.61 Å². The number of nitrogens with zero attached hydrogens (tertiary/aromatic N) is 2. The van der Waals surface area contributed by atoms with E-state index >= 15 is 0 Å². The SMILES string of the molecule is N[C@H](CO)c1nc(-c2ccc(F)cc2Cl)no1. The maximum atomic E-state index is 12.8. The lowest BCUT2D eigenvalue weighted by Gasteiger charge is -1.99. The molecule has 7 heteroatoms. The highest BCUT2D eigenvalue weighted by atomic mass is 35.5. The van der Waals surface area contributed by atoms with Gasteiger partial charge in [-0.3, -0.25) is 0 Å². The molecular formula is C10H9ClFN3O2. The standard InChI is InChI=1S/C10H9ClFN3O2/c11-7-3-5(12)1-2-6(7)9-14-10(17-15-9)8(13)4-16/h1-3,8,16H,4,13H2/t8-/m1/s1. The first kappa shape index (κ1) is 12.0. The number of nitrogens with two attached hydrogens (primary N) is 1. The molecule has 1 aromatic heterocycles. The average Bonchev–Trinajstić information content (AvgIpc) is 2.77. The largest absolute Gasteiger partial charge is 0.394 e. The second kappa shape index (κ2) is 4.79. The van der Waals surface area contributed by atoms with Gasteiger partial charge in [0.05, 0.1) is 11.6 Å². The average molecular weight is 258 g/mol. The van der Waals surface area contributed by atoms with E-state index in [0.29, 0.717) is 5.56 Å². The molecule has 2 aromatic rings. The van der Waals surface area contributed by atoms with E-state index in [1.165, 1.54) is 12.1 Å². The van der Waals surface area contributed by atoms with E-state index in [1.54, 1.807) is 0 Å². The van der Waals surface area contributed by atoms with Crippen molar-refractivity contribution >= 4 is 11.6 Å². The minimum Gasteiger partial charge on any atom is -0.394 e. The fraction of sp³-hybridized carbons (Fsp3) is 0.200. The van der Waals surface area contributed by atoms with Crippen molar-refractivity contribution in [1.82, 2.24) is 10.1 Å². The summed E-state index contributed by atoms with van der Waals surface area (Å²) in [6.45, 7) is -0.307. The van der Waals surface area contributed by atoms with Crippen molar-refractivity contribution in [2.45, 2.75) is 6.04 Å². The van der Waals surface area contributed by atoms with Gasteiger partial charge in [-0.05, 0) is 18.2 Å². The molecule has 0 saturated carbocycles. The second-order valence-electron chi connectivity index (χ2n) is 3.37. The third kappa shape index (κ3) is 2.44. The number of aliphatic hydroxyl groups excluding tert-OH is 1. The molecule has 0 aliphatic carbocycles. The summed E-state index contributed by atoms with van der Waals surface area (Å²) in [5.41, 5.74) is 5.95. The summed E-state index contributed by atoms with van der Waals surface area (Å²) in [6, 6.07) is 3.09. The van der Waals surface area contributed by atoms with Crippen LogP contribution in [0.2, 0.25) is 5.02 Å². The van der Waals surface area contributed by atoms with Gasteiger partial charge in [-0.2, -0.15) is 4.98 Å². The summed E-state index contributed by atoms with van der Waals surface area (Å²) in [5.74, 6) is -0.147. The quantitative estimate of drug-likeness (QED) is 0.871. The lowest BCUT2D eigenvalue weighted by molar-refractivity contribution is 0.237. The van der Waals surface area contributed by atoms with E-state index in [2.05, 4.69) is 10.1 Å². The molecule has 0 saturated heterocycles. The fourth-order valence-corrected chi connectivity index (χ4v) is 1.50. The molecule has 0 aliphatic heterocycles. The second-order valence-corrected chi connectivity index (χ2v) is 3.78. The van der Waals surface area contributed by atoms with Crippen LogP contribution < -0.4 is 5.73 Å². The Kier molecular flexibility index (Phi) is 3.37. The van der Waals surface area contributed by atoms with Crippen LogP contribution in [0.15, 0.2) is 22.7 Å². The number of hydrogen-bond donors (Lipinski definition) is 2. The Morgan fingerprint density at radius 2 is 2.29 bits per heavy atom. The number of aliphatic hydroxyl groups is 1. The predicted octanol–water partition coefficient (Wildman–Crippen LogP) is 1.52. The van der Waals surface area contributed by atoms with Gasteiger partial charge in [0.2, 0.25) is 11.7 Å². The van der Waals surface area contributed by atoms with Crippen molar-refractivity contribution < 1.29 is 14.0 Å². The van der Waals surface area contributed by atoms with Crippen molar-refractivity contribution in [3.63, 3.8) is 0 Å². The molecule has 1 atom stereocenters. The maximum Gasteiger partial charge on any atom is 0.246 e. The Bertz CT molecular complexity index is 532. The van der Waals surface area contributed by atoms with Gasteiger partial charge in [0.25, 0.3) is 0 Å². The van der Waals surface area contributed by atoms with Gasteiger partial charge in [0.15, 0.2) is 0 Å². The number of hydrogen-bond acceptors (Lipinski definition) is 5. The molecule has 1 aromatic carbocycles. The maximum absolute atomic E-state index is 12.8. The van der Waals surface area contributed by atoms with Crippen LogP contribution in [0.3, 0.4) is 0 Å². The van der Waals surface area contributed by atoms with E-state index in [1.807, 2.05) is 0 Å². The third-order valence-electron chi connectivity index (χ3n) is 2.13. The molecule has 5 nitrogen and oxygen atoms in total. The van der Waals surface area contributed by atoms with E-state index in [9.17, 15) is 4.39 Å². The van der Waals surface area contributed by atoms with Gasteiger partial charge in [-0.1, -0.05) is 16.8 Å². The Morgan fingerprint density at radius 3 is 2.94 bits per heavy atom. The molecule has 90 valence electrons. The monoisotopic (exact) mass is 257 g/mol. The van der Waals surface area contributed by atoms with Gasteiger partial charge in [0, 0.05) is 5.56 Å². The minimum atomic E-state index is -0.740. The summed E-state index contributed by atoms with van der Waals surface area (Å²) >= 11 is 5.84. The highest BCUT2D eigenvalue weighted by Crippen LogP contribution is 2.26. The van der Waals surface area contributed by atoms with Crippen molar-refractivity contribution in [1.29, 1.82) is 0 Å². The van der Waals surface area contributed by atoms with Crippen LogP contribution in [0, 0.1) is 5.82 Å². The number of rotatable bonds is 3. The summed E-state index contributed by atoms with van der Waals surface area (Å²) in [4.78, 5) is 3.97. The summed E-state index contributed by atoms with van der Waals surface area (Å²) < 4.78 is 17.7. The van der Waals surface area contributed by atoms with Crippen LogP contribution in [-0.2, 0) is 0 Å². The molecule has 0 unspecified atom stereocenters. The number of benzene rings is 1. The smallest absolute Gasteiger partial charge is 0.246 e. The predicted molar refractivity (Wildman–Crippen MR) is 58.7 cm³/mol. The third-order valence-corrected chi connectivity index (χ3v) is 2.44. The van der Waals surface area contributed by atoms with Gasteiger partial charge in [-0.15, -0.1) is 0 Å².